The first kappa shape index (κ1) is 11.0. The number of carboxylic acids is 1. The molecule has 0 aliphatic heterocycles. The van der Waals surface area contributed by atoms with Crippen molar-refractivity contribution in [2.24, 2.45) is 0 Å². The number of hydrogen-bond donors (Lipinski definition) is 2. The molecule has 0 aliphatic carbocycles. The number of carbonyl (C=O) groups excluding carboxylic acids is 1. The summed E-state index contributed by atoms with van der Waals surface area (Å²) in [5.74, 6) is -2.20. The van der Waals surface area contributed by atoms with Crippen LogP contribution in [-0.2, 0) is 9.59 Å². The third-order valence-corrected chi connectivity index (χ3v) is 0.301. The van der Waals surface area contributed by atoms with Gasteiger partial charge < -0.3 is 10.2 Å². The maximum Gasteiger partial charge on any atom is 0.371 e. The number of aliphatic hydroxyl groups is 1. The van der Waals surface area contributed by atoms with Crippen molar-refractivity contribution in [2.45, 2.75) is 13.8 Å². The summed E-state index contributed by atoms with van der Waals surface area (Å²) in [6.45, 7) is 2.93. The summed E-state index contributed by atoms with van der Waals surface area (Å²) in [6, 6.07) is 0. The molecular formula is C5H10O4. The van der Waals surface area contributed by atoms with Crippen LogP contribution in [0, 0.1) is 0 Å². The van der Waals surface area contributed by atoms with Crippen molar-refractivity contribution >= 4 is 11.8 Å². The van der Waals surface area contributed by atoms with Crippen LogP contribution in [0.25, 0.3) is 0 Å². The standard InChI is InChI=1S/C3H4O3.C2H6O/c1-2(4)3(5)6;1-2-3/h1H3,(H,5,6);3H,2H2,1H3. The van der Waals surface area contributed by atoms with Crippen LogP contribution in [0.1, 0.15) is 13.8 Å². The van der Waals surface area contributed by atoms with E-state index >= 15 is 0 Å². The van der Waals surface area contributed by atoms with E-state index in [1.165, 1.54) is 0 Å². The predicted octanol–water partition coefficient (Wildman–Crippen LogP) is -0.341. The first-order chi connectivity index (χ1) is 4.06. The molecule has 4 heteroatoms. The average molecular weight is 134 g/mol. The highest BCUT2D eigenvalue weighted by Gasteiger charge is 1.98. The normalized spacial score (nSPS) is 7.00. The third kappa shape index (κ3) is 19.2. The summed E-state index contributed by atoms with van der Waals surface area (Å²) < 4.78 is 0. The number of ketones is 1. The number of carbonyl (C=O) groups is 2. The fourth-order valence-electron chi connectivity index (χ4n) is 0. The summed E-state index contributed by atoms with van der Waals surface area (Å²) in [7, 11) is 0. The topological polar surface area (TPSA) is 74.6 Å². The molecule has 0 rings (SSSR count). The Kier molecular flexibility index (Phi) is 8.66. The van der Waals surface area contributed by atoms with Gasteiger partial charge in [0.05, 0.1) is 0 Å². The Balaban J connectivity index is 0. The van der Waals surface area contributed by atoms with Gasteiger partial charge in [0.1, 0.15) is 0 Å². The van der Waals surface area contributed by atoms with Gasteiger partial charge in [-0.1, -0.05) is 0 Å². The third-order valence-electron chi connectivity index (χ3n) is 0.301. The molecule has 0 aromatic heterocycles. The molecular weight excluding hydrogens is 124 g/mol. The summed E-state index contributed by atoms with van der Waals surface area (Å²) in [5.41, 5.74) is 0. The lowest BCUT2D eigenvalue weighted by Gasteiger charge is -1.73. The van der Waals surface area contributed by atoms with E-state index in [0.29, 0.717) is 0 Å². The van der Waals surface area contributed by atoms with Gasteiger partial charge in [-0.2, -0.15) is 0 Å². The largest absolute Gasteiger partial charge is 0.476 e. The van der Waals surface area contributed by atoms with E-state index < -0.39 is 11.8 Å². The minimum absolute atomic E-state index is 0.250. The molecule has 0 aliphatic rings. The molecule has 0 aromatic rings. The maximum atomic E-state index is 9.54. The van der Waals surface area contributed by atoms with Gasteiger partial charge in [0.15, 0.2) is 0 Å². The van der Waals surface area contributed by atoms with Crippen molar-refractivity contribution in [3.8, 4) is 0 Å². The van der Waals surface area contributed by atoms with Crippen LogP contribution in [-0.4, -0.2) is 28.6 Å². The number of aliphatic carboxylic acids is 1. The van der Waals surface area contributed by atoms with Crippen LogP contribution in [0.4, 0.5) is 0 Å². The molecule has 0 amide bonds. The molecule has 9 heavy (non-hydrogen) atoms. The minimum Gasteiger partial charge on any atom is -0.476 e. The minimum atomic E-state index is -1.38. The fourth-order valence-corrected chi connectivity index (χ4v) is 0. The molecule has 0 bridgehead atoms. The van der Waals surface area contributed by atoms with E-state index in [1.807, 2.05) is 0 Å². The Morgan fingerprint density at radius 2 is 1.56 bits per heavy atom. The lowest BCUT2D eigenvalue weighted by atomic mass is 10.5. The fraction of sp³-hybridized carbons (Fsp3) is 0.600. The lowest BCUT2D eigenvalue weighted by molar-refractivity contribution is -0.148. The summed E-state index contributed by atoms with van der Waals surface area (Å²) in [6.07, 6.45) is 0. The van der Waals surface area contributed by atoms with E-state index in [4.69, 9.17) is 10.2 Å². The summed E-state index contributed by atoms with van der Waals surface area (Å²) >= 11 is 0. The van der Waals surface area contributed by atoms with Crippen molar-refractivity contribution < 1.29 is 19.8 Å². The highest BCUT2D eigenvalue weighted by Crippen LogP contribution is 1.61. The van der Waals surface area contributed by atoms with Crippen LogP contribution in [0.3, 0.4) is 0 Å². The second-order valence-electron chi connectivity index (χ2n) is 1.18. The second-order valence-corrected chi connectivity index (χ2v) is 1.18. The molecule has 0 heterocycles. The first-order valence-corrected chi connectivity index (χ1v) is 2.41. The zero-order valence-corrected chi connectivity index (χ0v) is 5.42. The van der Waals surface area contributed by atoms with E-state index in [-0.39, 0.29) is 6.61 Å². The Labute approximate surface area is 53.1 Å². The van der Waals surface area contributed by atoms with Crippen molar-refractivity contribution in [1.82, 2.24) is 0 Å². The van der Waals surface area contributed by atoms with Crippen molar-refractivity contribution in [2.75, 3.05) is 6.61 Å². The number of aliphatic hydroxyl groups excluding tert-OH is 1. The van der Waals surface area contributed by atoms with Crippen LogP contribution in [0.2, 0.25) is 0 Å². The summed E-state index contributed by atoms with van der Waals surface area (Å²) in [5, 5.41) is 15.2. The predicted molar refractivity (Wildman–Crippen MR) is 31.1 cm³/mol. The monoisotopic (exact) mass is 134 g/mol. The SMILES string of the molecule is CC(=O)C(=O)O.CCO. The average Bonchev–Trinajstić information content (AvgIpc) is 1.68. The highest BCUT2D eigenvalue weighted by atomic mass is 16.4. The van der Waals surface area contributed by atoms with E-state index in [2.05, 4.69) is 0 Å². The molecule has 4 nitrogen and oxygen atoms in total. The Bertz CT molecular complexity index is 85.1. The highest BCUT2D eigenvalue weighted by molar-refractivity contribution is 6.31. The van der Waals surface area contributed by atoms with Gasteiger partial charge in [0.25, 0.3) is 0 Å². The molecule has 0 atom stereocenters. The Hall–Kier alpha value is -0.900. The summed E-state index contributed by atoms with van der Waals surface area (Å²) in [4.78, 5) is 18.9. The molecule has 54 valence electrons. The van der Waals surface area contributed by atoms with Gasteiger partial charge in [0, 0.05) is 13.5 Å². The Morgan fingerprint density at radius 1 is 1.44 bits per heavy atom. The number of rotatable bonds is 1. The van der Waals surface area contributed by atoms with Crippen molar-refractivity contribution in [1.29, 1.82) is 0 Å². The maximum absolute atomic E-state index is 9.54. The second kappa shape index (κ2) is 7.10. The van der Waals surface area contributed by atoms with Crippen LogP contribution < -0.4 is 0 Å². The quantitative estimate of drug-likeness (QED) is 0.481. The van der Waals surface area contributed by atoms with Gasteiger partial charge in [-0.05, 0) is 6.92 Å². The van der Waals surface area contributed by atoms with Gasteiger partial charge in [-0.25, -0.2) is 4.79 Å². The lowest BCUT2D eigenvalue weighted by Crippen LogP contribution is -2.05. The van der Waals surface area contributed by atoms with Gasteiger partial charge in [-0.3, -0.25) is 4.79 Å². The molecule has 0 aromatic carbocycles. The van der Waals surface area contributed by atoms with Gasteiger partial charge in [-0.15, -0.1) is 0 Å². The van der Waals surface area contributed by atoms with Crippen LogP contribution in [0.15, 0.2) is 0 Å². The number of carboxylic acid groups (broad SMARTS) is 1. The van der Waals surface area contributed by atoms with Gasteiger partial charge >= 0.3 is 5.97 Å². The molecule has 2 N–H and O–H groups in total. The van der Waals surface area contributed by atoms with E-state index in [1.54, 1.807) is 6.92 Å². The molecule has 0 saturated carbocycles. The van der Waals surface area contributed by atoms with Crippen LogP contribution in [0.5, 0.6) is 0 Å². The zero-order valence-electron chi connectivity index (χ0n) is 5.42. The molecule has 0 saturated heterocycles. The molecule has 0 fully saturated rings. The van der Waals surface area contributed by atoms with Gasteiger partial charge in [0.2, 0.25) is 5.78 Å². The molecule has 0 radical (unpaired) electrons. The van der Waals surface area contributed by atoms with Crippen molar-refractivity contribution in [3.05, 3.63) is 0 Å². The Morgan fingerprint density at radius 3 is 1.56 bits per heavy atom. The molecule has 0 unspecified atom stereocenters. The van der Waals surface area contributed by atoms with E-state index in [9.17, 15) is 9.59 Å². The number of Topliss-reactive ketones (excluding diaryl/α,β-unsaturated/α-hetero) is 1. The van der Waals surface area contributed by atoms with Crippen molar-refractivity contribution in [3.63, 3.8) is 0 Å². The number of hydrogen-bond acceptors (Lipinski definition) is 3. The zero-order chi connectivity index (χ0) is 7.86. The van der Waals surface area contributed by atoms with Crippen LogP contribution >= 0.6 is 0 Å². The molecule has 0 spiro atoms. The van der Waals surface area contributed by atoms with E-state index in [0.717, 1.165) is 6.92 Å². The first-order valence-electron chi connectivity index (χ1n) is 2.41. The smallest absolute Gasteiger partial charge is 0.371 e.